The summed E-state index contributed by atoms with van der Waals surface area (Å²) in [5, 5.41) is 24.4. The van der Waals surface area contributed by atoms with Crippen molar-refractivity contribution in [2.75, 3.05) is 5.73 Å². The molecule has 1 aromatic carbocycles. The normalized spacial score (nSPS) is 14.7. The molecule has 2 N–H and O–H groups in total. The van der Waals surface area contributed by atoms with Crippen molar-refractivity contribution in [1.82, 2.24) is 19.8 Å². The molecule has 21 heavy (non-hydrogen) atoms. The highest BCUT2D eigenvalue weighted by Gasteiger charge is 2.30. The van der Waals surface area contributed by atoms with E-state index in [1.165, 1.54) is 23.5 Å². The summed E-state index contributed by atoms with van der Waals surface area (Å²) >= 11 is 1.36. The van der Waals surface area contributed by atoms with E-state index in [0.717, 1.165) is 18.7 Å². The molecule has 1 aliphatic carbocycles. The summed E-state index contributed by atoms with van der Waals surface area (Å²) in [7, 11) is 0. The molecule has 2 heterocycles. The van der Waals surface area contributed by atoms with E-state index in [1.807, 2.05) is 0 Å². The van der Waals surface area contributed by atoms with Gasteiger partial charge in [-0.2, -0.15) is 9.61 Å². The van der Waals surface area contributed by atoms with Gasteiger partial charge in [-0.1, -0.05) is 11.3 Å². The zero-order valence-electron chi connectivity index (χ0n) is 10.8. The third-order valence-corrected chi connectivity index (χ3v) is 4.38. The minimum Gasteiger partial charge on any atom is -0.393 e. The third kappa shape index (κ3) is 1.93. The van der Waals surface area contributed by atoms with Gasteiger partial charge in [0.05, 0.1) is 4.92 Å². The minimum atomic E-state index is -0.491. The maximum absolute atomic E-state index is 11.0. The number of nitro groups is 1. The van der Waals surface area contributed by atoms with Crippen molar-refractivity contribution in [2.24, 2.45) is 0 Å². The molecule has 1 fully saturated rings. The average molecular weight is 302 g/mol. The topological polar surface area (TPSA) is 112 Å². The number of rotatable bonds is 3. The van der Waals surface area contributed by atoms with Gasteiger partial charge in [0.15, 0.2) is 5.82 Å². The van der Waals surface area contributed by atoms with Gasteiger partial charge in [-0.15, -0.1) is 10.2 Å². The van der Waals surface area contributed by atoms with Crippen LogP contribution in [0.1, 0.15) is 24.6 Å². The van der Waals surface area contributed by atoms with Gasteiger partial charge in [-0.3, -0.25) is 10.1 Å². The molecule has 0 atom stereocenters. The second kappa shape index (κ2) is 4.22. The van der Waals surface area contributed by atoms with Crippen molar-refractivity contribution in [2.45, 2.75) is 18.8 Å². The Labute approximate surface area is 122 Å². The van der Waals surface area contributed by atoms with Gasteiger partial charge in [-0.25, -0.2) is 0 Å². The van der Waals surface area contributed by atoms with E-state index in [1.54, 1.807) is 10.6 Å². The largest absolute Gasteiger partial charge is 0.393 e. The van der Waals surface area contributed by atoms with Gasteiger partial charge < -0.3 is 5.73 Å². The molecule has 2 aromatic heterocycles. The van der Waals surface area contributed by atoms with Gasteiger partial charge in [0.1, 0.15) is 10.7 Å². The molecule has 106 valence electrons. The highest BCUT2D eigenvalue weighted by atomic mass is 32.1. The Morgan fingerprint density at radius 3 is 2.90 bits per heavy atom. The molecule has 0 radical (unpaired) electrons. The Morgan fingerprint density at radius 1 is 1.38 bits per heavy atom. The number of hydrogen-bond acceptors (Lipinski definition) is 7. The van der Waals surface area contributed by atoms with Gasteiger partial charge in [-0.05, 0) is 25.0 Å². The lowest BCUT2D eigenvalue weighted by molar-refractivity contribution is -0.383. The first-order valence-corrected chi connectivity index (χ1v) is 7.21. The molecule has 0 spiro atoms. The average Bonchev–Trinajstić information content (AvgIpc) is 3.08. The standard InChI is InChI=1S/C12H10N6O2S/c13-8-4-3-7(5-9(8)18(19)20)11-16-17-10(6-1-2-6)14-15-12(17)21-11/h3-6H,1-2,13H2. The van der Waals surface area contributed by atoms with E-state index in [4.69, 9.17) is 5.73 Å². The number of nitrogens with two attached hydrogens (primary N) is 1. The molecule has 8 nitrogen and oxygen atoms in total. The Kier molecular flexibility index (Phi) is 2.45. The number of fused-ring (bicyclic) bond motifs is 1. The molecule has 9 heteroatoms. The van der Waals surface area contributed by atoms with Crippen LogP contribution in [0.15, 0.2) is 18.2 Å². The van der Waals surface area contributed by atoms with E-state index in [-0.39, 0.29) is 11.4 Å². The molecule has 0 saturated heterocycles. The number of nitrogens with zero attached hydrogens (tertiary/aromatic N) is 5. The van der Waals surface area contributed by atoms with Crippen LogP contribution in [0, 0.1) is 10.1 Å². The maximum Gasteiger partial charge on any atom is 0.292 e. The number of nitro benzene ring substituents is 1. The van der Waals surface area contributed by atoms with Gasteiger partial charge in [0.2, 0.25) is 4.96 Å². The van der Waals surface area contributed by atoms with Crippen LogP contribution in [0.4, 0.5) is 11.4 Å². The lowest BCUT2D eigenvalue weighted by Gasteiger charge is -1.99. The first-order chi connectivity index (χ1) is 10.1. The SMILES string of the molecule is Nc1ccc(-c2nn3c(C4CC4)nnc3s2)cc1[N+](=O)[O-]. The first kappa shape index (κ1) is 12.2. The highest BCUT2D eigenvalue weighted by molar-refractivity contribution is 7.19. The predicted molar refractivity (Wildman–Crippen MR) is 77.1 cm³/mol. The van der Waals surface area contributed by atoms with Crippen LogP contribution in [-0.2, 0) is 0 Å². The van der Waals surface area contributed by atoms with Crippen molar-refractivity contribution in [3.8, 4) is 10.6 Å². The third-order valence-electron chi connectivity index (χ3n) is 3.43. The van der Waals surface area contributed by atoms with Crippen LogP contribution in [0.25, 0.3) is 15.5 Å². The Hall–Kier alpha value is -2.55. The van der Waals surface area contributed by atoms with Crippen LogP contribution in [0.2, 0.25) is 0 Å². The van der Waals surface area contributed by atoms with E-state index in [0.29, 0.717) is 21.4 Å². The van der Waals surface area contributed by atoms with E-state index >= 15 is 0 Å². The smallest absolute Gasteiger partial charge is 0.292 e. The molecule has 0 aliphatic heterocycles. The summed E-state index contributed by atoms with van der Waals surface area (Å²) < 4.78 is 1.74. The molecule has 0 bridgehead atoms. The summed E-state index contributed by atoms with van der Waals surface area (Å²) in [6, 6.07) is 4.69. The second-order valence-electron chi connectivity index (χ2n) is 4.96. The fraction of sp³-hybridized carbons (Fsp3) is 0.250. The number of benzene rings is 1. The monoisotopic (exact) mass is 302 g/mol. The van der Waals surface area contributed by atoms with Crippen LogP contribution in [-0.4, -0.2) is 24.7 Å². The van der Waals surface area contributed by atoms with Crippen LogP contribution < -0.4 is 5.73 Å². The molecule has 1 aliphatic rings. The summed E-state index contributed by atoms with van der Waals surface area (Å²) in [6.07, 6.45) is 2.22. The van der Waals surface area contributed by atoms with Crippen molar-refractivity contribution < 1.29 is 4.92 Å². The molecule has 0 amide bonds. The Balaban J connectivity index is 1.82. The number of aromatic nitrogens is 4. The zero-order valence-corrected chi connectivity index (χ0v) is 11.6. The Morgan fingerprint density at radius 2 is 2.19 bits per heavy atom. The van der Waals surface area contributed by atoms with Crippen molar-refractivity contribution in [3.63, 3.8) is 0 Å². The molecule has 4 rings (SSSR count). The van der Waals surface area contributed by atoms with Crippen molar-refractivity contribution in [3.05, 3.63) is 34.1 Å². The first-order valence-electron chi connectivity index (χ1n) is 6.40. The maximum atomic E-state index is 11.0. The zero-order chi connectivity index (χ0) is 14.6. The van der Waals surface area contributed by atoms with E-state index in [9.17, 15) is 10.1 Å². The van der Waals surface area contributed by atoms with Gasteiger partial charge in [0.25, 0.3) is 5.69 Å². The number of hydrogen-bond donors (Lipinski definition) is 1. The van der Waals surface area contributed by atoms with Crippen LogP contribution in [0.3, 0.4) is 0 Å². The van der Waals surface area contributed by atoms with Crippen LogP contribution in [0.5, 0.6) is 0 Å². The van der Waals surface area contributed by atoms with E-state index < -0.39 is 4.92 Å². The van der Waals surface area contributed by atoms with Crippen molar-refractivity contribution >= 4 is 27.7 Å². The van der Waals surface area contributed by atoms with Crippen molar-refractivity contribution in [1.29, 1.82) is 0 Å². The fourth-order valence-corrected chi connectivity index (χ4v) is 3.02. The molecule has 0 unspecified atom stereocenters. The second-order valence-corrected chi connectivity index (χ2v) is 5.92. The number of anilines is 1. The summed E-state index contributed by atoms with van der Waals surface area (Å²) in [5.41, 5.74) is 6.30. The summed E-state index contributed by atoms with van der Waals surface area (Å²) in [5.74, 6) is 1.31. The molecule has 1 saturated carbocycles. The quantitative estimate of drug-likeness (QED) is 0.451. The minimum absolute atomic E-state index is 0.110. The van der Waals surface area contributed by atoms with Crippen LogP contribution >= 0.6 is 11.3 Å². The molecular formula is C12H10N6O2S. The number of nitrogen functional groups attached to an aromatic ring is 1. The summed E-state index contributed by atoms with van der Waals surface area (Å²) in [4.78, 5) is 11.2. The Bertz CT molecular complexity index is 866. The lowest BCUT2D eigenvalue weighted by Crippen LogP contribution is -1.96. The molecular weight excluding hydrogens is 292 g/mol. The molecule has 3 aromatic rings. The summed E-state index contributed by atoms with van der Waals surface area (Å²) in [6.45, 7) is 0. The predicted octanol–water partition coefficient (Wildman–Crippen LogP) is 2.22. The van der Waals surface area contributed by atoms with E-state index in [2.05, 4.69) is 15.3 Å². The van der Waals surface area contributed by atoms with Gasteiger partial charge in [0, 0.05) is 17.5 Å². The fourth-order valence-electron chi connectivity index (χ4n) is 2.18. The lowest BCUT2D eigenvalue weighted by atomic mass is 10.2. The highest BCUT2D eigenvalue weighted by Crippen LogP contribution is 2.40. The van der Waals surface area contributed by atoms with Gasteiger partial charge >= 0.3 is 0 Å².